The molecule has 1 aliphatic rings. The molecule has 0 spiro atoms. The molecule has 1 atom stereocenters. The predicted molar refractivity (Wildman–Crippen MR) is 101 cm³/mol. The quantitative estimate of drug-likeness (QED) is 0.448. The first-order valence-electron chi connectivity index (χ1n) is 8.55. The molecule has 2 heterocycles. The van der Waals surface area contributed by atoms with Crippen LogP contribution in [0.3, 0.4) is 0 Å². The van der Waals surface area contributed by atoms with E-state index in [1.54, 1.807) is 13.8 Å². The summed E-state index contributed by atoms with van der Waals surface area (Å²) in [6, 6.07) is 1.00. The van der Waals surface area contributed by atoms with Crippen molar-refractivity contribution in [1.82, 2.24) is 9.62 Å². The van der Waals surface area contributed by atoms with Crippen LogP contribution < -0.4 is 10.5 Å². The summed E-state index contributed by atoms with van der Waals surface area (Å²) in [6.45, 7) is 6.37. The van der Waals surface area contributed by atoms with E-state index < -0.39 is 20.0 Å². The Labute approximate surface area is 164 Å². The first-order valence-corrected chi connectivity index (χ1v) is 12.4. The third-order valence-corrected chi connectivity index (χ3v) is 9.00. The highest BCUT2D eigenvalue weighted by atomic mass is 32.3. The van der Waals surface area contributed by atoms with Gasteiger partial charge in [0.15, 0.2) is 0 Å². The van der Waals surface area contributed by atoms with Crippen molar-refractivity contribution >= 4 is 37.4 Å². The second-order valence-electron chi connectivity index (χ2n) is 6.50. The van der Waals surface area contributed by atoms with Gasteiger partial charge in [0.1, 0.15) is 8.42 Å². The summed E-state index contributed by atoms with van der Waals surface area (Å²) in [5, 5.41) is 8.34. The van der Waals surface area contributed by atoms with Crippen molar-refractivity contribution in [3.63, 3.8) is 0 Å². The molecular weight excluding hydrogens is 414 g/mol. The van der Waals surface area contributed by atoms with Crippen LogP contribution in [0, 0.1) is 5.92 Å². The van der Waals surface area contributed by atoms with Gasteiger partial charge < -0.3 is 10.1 Å². The summed E-state index contributed by atoms with van der Waals surface area (Å²) >= 11 is 0.663. The van der Waals surface area contributed by atoms with E-state index in [4.69, 9.17) is 9.88 Å². The third-order valence-electron chi connectivity index (χ3n) is 4.04. The van der Waals surface area contributed by atoms with Crippen LogP contribution in [0.2, 0.25) is 0 Å². The lowest BCUT2D eigenvalue weighted by atomic mass is 10.1. The number of hydrogen-bond donors (Lipinski definition) is 2. The normalized spacial score (nSPS) is 19.8. The Balaban J connectivity index is 2.21. The van der Waals surface area contributed by atoms with Crippen LogP contribution in [0.15, 0.2) is 14.5 Å². The minimum absolute atomic E-state index is 0.0112. The van der Waals surface area contributed by atoms with Crippen molar-refractivity contribution < 1.29 is 26.4 Å². The monoisotopic (exact) mass is 439 g/mol. The number of thiophene rings is 1. The highest BCUT2D eigenvalue weighted by Crippen LogP contribution is 2.39. The lowest BCUT2D eigenvalue weighted by molar-refractivity contribution is -0.147. The van der Waals surface area contributed by atoms with Gasteiger partial charge in [0.05, 0.1) is 12.5 Å². The summed E-state index contributed by atoms with van der Waals surface area (Å²) in [5.41, 5.74) is 0.424. The van der Waals surface area contributed by atoms with E-state index in [2.05, 4.69) is 5.32 Å². The van der Waals surface area contributed by atoms with Crippen molar-refractivity contribution in [1.29, 1.82) is 0 Å². The van der Waals surface area contributed by atoms with Crippen molar-refractivity contribution in [2.24, 2.45) is 11.1 Å². The molecule has 3 N–H and O–H groups in total. The number of carbonyl (C=O) groups is 1. The minimum atomic E-state index is -3.99. The summed E-state index contributed by atoms with van der Waals surface area (Å²) < 4.78 is 55.3. The Morgan fingerprint density at radius 1 is 1.48 bits per heavy atom. The van der Waals surface area contributed by atoms with Crippen molar-refractivity contribution in [3.05, 3.63) is 11.6 Å². The second kappa shape index (κ2) is 8.53. The van der Waals surface area contributed by atoms with Gasteiger partial charge in [-0.1, -0.05) is 20.8 Å². The van der Waals surface area contributed by atoms with Crippen LogP contribution >= 0.6 is 11.3 Å². The number of carbonyl (C=O) groups excluding carboxylic acids is 1. The minimum Gasteiger partial charge on any atom is -0.465 e. The van der Waals surface area contributed by atoms with Gasteiger partial charge in [-0.05, 0) is 19.0 Å². The van der Waals surface area contributed by atoms with Crippen LogP contribution in [0.1, 0.15) is 38.8 Å². The molecule has 0 bridgehead atoms. The van der Waals surface area contributed by atoms with Gasteiger partial charge in [-0.15, -0.1) is 11.3 Å². The number of esters is 1. The first-order chi connectivity index (χ1) is 12.5. The number of nitrogens with two attached hydrogens (primary N) is 1. The van der Waals surface area contributed by atoms with E-state index in [1.165, 1.54) is 10.4 Å². The standard InChI is InChI=1S/C15H25N3O6S3/c1-4-17-12-9-18(6-5-7-24-14(19)10(2)3)27(22,23)15-11(12)8-13(25-15)26(16,20)21/h8,10,12,17H,4-7,9H2,1-3H3,(H2,16,20,21). The molecule has 0 saturated carbocycles. The fraction of sp³-hybridized carbons (Fsp3) is 0.667. The average molecular weight is 440 g/mol. The van der Waals surface area contributed by atoms with Crippen LogP contribution in [-0.2, 0) is 29.6 Å². The highest BCUT2D eigenvalue weighted by molar-refractivity contribution is 7.94. The zero-order valence-corrected chi connectivity index (χ0v) is 17.9. The molecular formula is C15H25N3O6S3. The number of hydrogen-bond acceptors (Lipinski definition) is 8. The van der Waals surface area contributed by atoms with E-state index in [9.17, 15) is 21.6 Å². The number of ether oxygens (including phenoxy) is 1. The Bertz CT molecular complexity index is 892. The van der Waals surface area contributed by atoms with Gasteiger partial charge in [-0.3, -0.25) is 4.79 Å². The Hall–Kier alpha value is -1.05. The predicted octanol–water partition coefficient (Wildman–Crippen LogP) is 0.640. The van der Waals surface area contributed by atoms with E-state index >= 15 is 0 Å². The Morgan fingerprint density at radius 2 is 2.15 bits per heavy atom. The highest BCUT2D eigenvalue weighted by Gasteiger charge is 2.39. The van der Waals surface area contributed by atoms with Crippen LogP contribution in [0.4, 0.5) is 0 Å². The van der Waals surface area contributed by atoms with Crippen LogP contribution in [0.5, 0.6) is 0 Å². The van der Waals surface area contributed by atoms with Gasteiger partial charge in [0, 0.05) is 24.7 Å². The van der Waals surface area contributed by atoms with Gasteiger partial charge in [-0.25, -0.2) is 22.0 Å². The van der Waals surface area contributed by atoms with Crippen molar-refractivity contribution in [2.75, 3.05) is 26.2 Å². The van der Waals surface area contributed by atoms with E-state index in [1.807, 2.05) is 6.92 Å². The molecule has 2 rings (SSSR count). The molecule has 0 radical (unpaired) electrons. The lowest BCUT2D eigenvalue weighted by Gasteiger charge is -2.32. The summed E-state index contributed by atoms with van der Waals surface area (Å²) in [7, 11) is -7.83. The summed E-state index contributed by atoms with van der Waals surface area (Å²) in [5.74, 6) is -0.576. The summed E-state index contributed by atoms with van der Waals surface area (Å²) in [6.07, 6.45) is 0.347. The van der Waals surface area contributed by atoms with Crippen molar-refractivity contribution in [2.45, 2.75) is 41.7 Å². The number of rotatable bonds is 8. The number of nitrogens with zero attached hydrogens (tertiary/aromatic N) is 1. The van der Waals surface area contributed by atoms with Gasteiger partial charge >= 0.3 is 5.97 Å². The number of sulfonamides is 2. The van der Waals surface area contributed by atoms with Gasteiger partial charge in [0.25, 0.3) is 10.0 Å². The van der Waals surface area contributed by atoms with Crippen LogP contribution in [0.25, 0.3) is 0 Å². The fourth-order valence-electron chi connectivity index (χ4n) is 2.68. The van der Waals surface area contributed by atoms with Crippen LogP contribution in [-0.4, -0.2) is 53.4 Å². The van der Waals surface area contributed by atoms with Gasteiger partial charge in [-0.2, -0.15) is 4.31 Å². The second-order valence-corrected chi connectivity index (χ2v) is 11.5. The molecule has 0 fully saturated rings. The molecule has 1 unspecified atom stereocenters. The molecule has 1 aromatic rings. The Kier molecular flexibility index (Phi) is 7.03. The molecule has 0 aliphatic carbocycles. The third kappa shape index (κ3) is 5.06. The lowest BCUT2D eigenvalue weighted by Crippen LogP contribution is -2.43. The smallest absolute Gasteiger partial charge is 0.308 e. The average Bonchev–Trinajstić information content (AvgIpc) is 3.02. The molecule has 0 amide bonds. The topological polar surface area (TPSA) is 136 Å². The number of primary sulfonamides is 1. The maximum atomic E-state index is 12.9. The fourth-order valence-corrected chi connectivity index (χ4v) is 6.99. The number of likely N-dealkylation sites (N-methyl/N-ethyl adjacent to an activating group) is 1. The molecule has 0 saturated heterocycles. The summed E-state index contributed by atoms with van der Waals surface area (Å²) in [4.78, 5) is 11.5. The zero-order chi connectivity index (χ0) is 20.4. The molecule has 9 nitrogen and oxygen atoms in total. The molecule has 0 aromatic carbocycles. The molecule has 1 aliphatic heterocycles. The zero-order valence-electron chi connectivity index (χ0n) is 15.5. The van der Waals surface area contributed by atoms with E-state index in [-0.39, 0.29) is 46.0 Å². The van der Waals surface area contributed by atoms with Crippen molar-refractivity contribution in [3.8, 4) is 0 Å². The molecule has 1 aromatic heterocycles. The number of nitrogens with one attached hydrogen (secondary N) is 1. The maximum Gasteiger partial charge on any atom is 0.308 e. The largest absolute Gasteiger partial charge is 0.465 e. The van der Waals surface area contributed by atoms with E-state index in [0.29, 0.717) is 29.9 Å². The van der Waals surface area contributed by atoms with E-state index in [0.717, 1.165) is 0 Å². The molecule has 27 heavy (non-hydrogen) atoms. The van der Waals surface area contributed by atoms with Gasteiger partial charge in [0.2, 0.25) is 10.0 Å². The maximum absolute atomic E-state index is 12.9. The molecule has 12 heteroatoms. The molecule has 154 valence electrons. The SMILES string of the molecule is CCNC1CN(CCCOC(=O)C(C)C)S(=O)(=O)c2sc(S(N)(=O)=O)cc21. The Morgan fingerprint density at radius 3 is 2.70 bits per heavy atom. The number of fused-ring (bicyclic) bond motifs is 1. The first kappa shape index (κ1) is 22.2.